The van der Waals surface area contributed by atoms with Crippen LogP contribution in [0.4, 0.5) is 5.95 Å². The first-order valence-corrected chi connectivity index (χ1v) is 6.46. The van der Waals surface area contributed by atoms with E-state index in [2.05, 4.69) is 20.1 Å². The highest BCUT2D eigenvalue weighted by molar-refractivity contribution is 7.98. The van der Waals surface area contributed by atoms with Crippen molar-refractivity contribution in [1.82, 2.24) is 24.7 Å². The van der Waals surface area contributed by atoms with E-state index in [1.54, 1.807) is 24.7 Å². The van der Waals surface area contributed by atoms with E-state index in [0.717, 1.165) is 5.76 Å². The van der Waals surface area contributed by atoms with E-state index in [0.29, 0.717) is 16.9 Å². The number of hydrogen-bond donors (Lipinski definition) is 1. The molecule has 7 nitrogen and oxygen atoms in total. The van der Waals surface area contributed by atoms with Crippen LogP contribution in [0.2, 0.25) is 0 Å². The summed E-state index contributed by atoms with van der Waals surface area (Å²) in [5.41, 5.74) is 5.67. The second-order valence-electron chi connectivity index (χ2n) is 3.59. The fraction of sp³-hybridized carbons (Fsp3) is 0.0909. The van der Waals surface area contributed by atoms with Crippen LogP contribution < -0.4 is 5.73 Å². The molecule has 96 valence electrons. The van der Waals surface area contributed by atoms with Gasteiger partial charge in [0, 0.05) is 12.4 Å². The quantitative estimate of drug-likeness (QED) is 0.720. The summed E-state index contributed by atoms with van der Waals surface area (Å²) >= 11 is 1.43. The topological polar surface area (TPSA) is 95.7 Å². The molecule has 0 saturated heterocycles. The molecule has 0 aliphatic carbocycles. The van der Waals surface area contributed by atoms with Gasteiger partial charge in [-0.15, -0.1) is 0 Å². The van der Waals surface area contributed by atoms with Crippen molar-refractivity contribution in [3.05, 3.63) is 42.6 Å². The van der Waals surface area contributed by atoms with Crippen molar-refractivity contribution in [3.63, 3.8) is 0 Å². The monoisotopic (exact) mass is 274 g/mol. The molecule has 0 spiro atoms. The third-order valence-electron chi connectivity index (χ3n) is 2.25. The number of aromatic nitrogens is 5. The molecular formula is C11H10N6OS. The summed E-state index contributed by atoms with van der Waals surface area (Å²) < 4.78 is 6.78. The highest BCUT2D eigenvalue weighted by Crippen LogP contribution is 2.20. The third-order valence-corrected chi connectivity index (χ3v) is 3.12. The van der Waals surface area contributed by atoms with Gasteiger partial charge in [-0.25, -0.2) is 4.68 Å². The molecule has 0 bridgehead atoms. The van der Waals surface area contributed by atoms with Crippen LogP contribution in [0.15, 0.2) is 46.4 Å². The molecule has 0 unspecified atom stereocenters. The SMILES string of the molecule is Nc1nc(SCc2ccco2)nc(-n2cccn2)n1. The van der Waals surface area contributed by atoms with Gasteiger partial charge in [-0.05, 0) is 18.2 Å². The molecular weight excluding hydrogens is 264 g/mol. The van der Waals surface area contributed by atoms with Gasteiger partial charge < -0.3 is 10.2 Å². The van der Waals surface area contributed by atoms with Gasteiger partial charge in [-0.1, -0.05) is 11.8 Å². The maximum absolute atomic E-state index is 5.67. The van der Waals surface area contributed by atoms with Gasteiger partial charge in [0.1, 0.15) is 5.76 Å². The lowest BCUT2D eigenvalue weighted by molar-refractivity contribution is 0.530. The first kappa shape index (κ1) is 11.7. The molecule has 0 atom stereocenters. The first-order valence-electron chi connectivity index (χ1n) is 5.48. The van der Waals surface area contributed by atoms with Gasteiger partial charge in [-0.2, -0.15) is 20.1 Å². The lowest BCUT2D eigenvalue weighted by Gasteiger charge is -2.03. The normalized spacial score (nSPS) is 10.7. The molecule has 0 aromatic carbocycles. The van der Waals surface area contributed by atoms with Crippen LogP contribution in [-0.2, 0) is 5.75 Å². The summed E-state index contributed by atoms with van der Waals surface area (Å²) in [6.45, 7) is 0. The fourth-order valence-corrected chi connectivity index (χ4v) is 2.19. The number of nitrogens with zero attached hydrogens (tertiary/aromatic N) is 5. The summed E-state index contributed by atoms with van der Waals surface area (Å²) in [5, 5.41) is 4.60. The van der Waals surface area contributed by atoms with Crippen LogP contribution in [0.3, 0.4) is 0 Å². The molecule has 0 aliphatic rings. The summed E-state index contributed by atoms with van der Waals surface area (Å²) in [6, 6.07) is 5.52. The number of anilines is 1. The highest BCUT2D eigenvalue weighted by atomic mass is 32.2. The minimum absolute atomic E-state index is 0.169. The Labute approximate surface area is 112 Å². The van der Waals surface area contributed by atoms with E-state index < -0.39 is 0 Å². The molecule has 0 radical (unpaired) electrons. The Morgan fingerprint density at radius 2 is 2.21 bits per heavy atom. The van der Waals surface area contributed by atoms with E-state index in [9.17, 15) is 0 Å². The second kappa shape index (κ2) is 5.11. The maximum Gasteiger partial charge on any atom is 0.256 e. The molecule has 3 heterocycles. The fourth-order valence-electron chi connectivity index (χ4n) is 1.45. The van der Waals surface area contributed by atoms with Gasteiger partial charge in [-0.3, -0.25) is 0 Å². The molecule has 0 fully saturated rings. The van der Waals surface area contributed by atoms with Crippen LogP contribution in [0.1, 0.15) is 5.76 Å². The molecule has 8 heteroatoms. The van der Waals surface area contributed by atoms with Crippen LogP contribution >= 0.6 is 11.8 Å². The first-order chi connectivity index (χ1) is 9.31. The minimum atomic E-state index is 0.169. The summed E-state index contributed by atoms with van der Waals surface area (Å²) in [5.74, 6) is 2.06. The van der Waals surface area contributed by atoms with Crippen molar-refractivity contribution < 1.29 is 4.42 Å². The molecule has 0 aliphatic heterocycles. The molecule has 19 heavy (non-hydrogen) atoms. The predicted octanol–water partition coefficient (Wildman–Crippen LogP) is 1.52. The summed E-state index contributed by atoms with van der Waals surface area (Å²) in [4.78, 5) is 12.4. The van der Waals surface area contributed by atoms with Crippen LogP contribution in [0.25, 0.3) is 5.95 Å². The Bertz CT molecular complexity index is 652. The zero-order valence-corrected chi connectivity index (χ0v) is 10.6. The van der Waals surface area contributed by atoms with Crippen molar-refractivity contribution in [3.8, 4) is 5.95 Å². The standard InChI is InChI=1S/C11H10N6OS/c12-9-14-10(17-5-2-4-13-17)16-11(15-9)19-7-8-3-1-6-18-8/h1-6H,7H2,(H2,12,14,15,16). The van der Waals surface area contributed by atoms with Gasteiger partial charge in [0.25, 0.3) is 5.95 Å². The number of nitrogens with two attached hydrogens (primary N) is 1. The van der Waals surface area contributed by atoms with Gasteiger partial charge >= 0.3 is 0 Å². The molecule has 2 N–H and O–H groups in total. The Balaban J connectivity index is 1.82. The molecule has 0 amide bonds. The lowest BCUT2D eigenvalue weighted by Crippen LogP contribution is -2.07. The molecule has 3 aromatic rings. The predicted molar refractivity (Wildman–Crippen MR) is 69.6 cm³/mol. The Morgan fingerprint density at radius 3 is 2.95 bits per heavy atom. The number of thioether (sulfide) groups is 1. The molecule has 0 saturated carbocycles. The molecule has 3 rings (SSSR count). The maximum atomic E-state index is 5.67. The van der Waals surface area contributed by atoms with Crippen molar-refractivity contribution in [2.24, 2.45) is 0 Å². The Hall–Kier alpha value is -2.35. The van der Waals surface area contributed by atoms with E-state index in [4.69, 9.17) is 10.2 Å². The van der Waals surface area contributed by atoms with Gasteiger partial charge in [0.05, 0.1) is 12.0 Å². The average molecular weight is 274 g/mol. The Kier molecular flexibility index (Phi) is 3.15. The van der Waals surface area contributed by atoms with Crippen molar-refractivity contribution in [2.75, 3.05) is 5.73 Å². The van der Waals surface area contributed by atoms with Crippen molar-refractivity contribution in [1.29, 1.82) is 0 Å². The van der Waals surface area contributed by atoms with Crippen molar-refractivity contribution >= 4 is 17.7 Å². The lowest BCUT2D eigenvalue weighted by atomic mass is 10.5. The summed E-state index contributed by atoms with van der Waals surface area (Å²) in [6.07, 6.45) is 5.03. The highest BCUT2D eigenvalue weighted by Gasteiger charge is 2.08. The molecule has 3 aromatic heterocycles. The average Bonchev–Trinajstić information content (AvgIpc) is 3.09. The Morgan fingerprint density at radius 1 is 1.26 bits per heavy atom. The number of hydrogen-bond acceptors (Lipinski definition) is 7. The van der Waals surface area contributed by atoms with E-state index in [-0.39, 0.29) is 5.95 Å². The van der Waals surface area contributed by atoms with Crippen LogP contribution in [0.5, 0.6) is 0 Å². The third kappa shape index (κ3) is 2.74. The van der Waals surface area contributed by atoms with Crippen LogP contribution in [-0.4, -0.2) is 24.7 Å². The van der Waals surface area contributed by atoms with E-state index in [1.807, 2.05) is 12.1 Å². The van der Waals surface area contributed by atoms with Crippen molar-refractivity contribution in [2.45, 2.75) is 10.9 Å². The largest absolute Gasteiger partial charge is 0.468 e. The van der Waals surface area contributed by atoms with Gasteiger partial charge in [0.15, 0.2) is 5.16 Å². The van der Waals surface area contributed by atoms with Gasteiger partial charge in [0.2, 0.25) is 5.95 Å². The number of nitrogen functional groups attached to an aromatic ring is 1. The zero-order chi connectivity index (χ0) is 13.1. The second-order valence-corrected chi connectivity index (χ2v) is 4.54. The van der Waals surface area contributed by atoms with E-state index in [1.165, 1.54) is 16.4 Å². The smallest absolute Gasteiger partial charge is 0.256 e. The van der Waals surface area contributed by atoms with Crippen LogP contribution in [0, 0.1) is 0 Å². The minimum Gasteiger partial charge on any atom is -0.468 e. The van der Waals surface area contributed by atoms with E-state index >= 15 is 0 Å². The number of furan rings is 1. The summed E-state index contributed by atoms with van der Waals surface area (Å²) in [7, 11) is 0. The zero-order valence-electron chi connectivity index (χ0n) is 9.80. The number of rotatable bonds is 4.